The van der Waals surface area contributed by atoms with Crippen molar-refractivity contribution in [2.75, 3.05) is 18.9 Å². The lowest BCUT2D eigenvalue weighted by Crippen LogP contribution is -2.34. The van der Waals surface area contributed by atoms with Crippen molar-refractivity contribution >= 4 is 35.6 Å². The lowest BCUT2D eigenvalue weighted by Gasteiger charge is -2.22. The summed E-state index contributed by atoms with van der Waals surface area (Å²) < 4.78 is 0. The highest BCUT2D eigenvalue weighted by Gasteiger charge is 2.28. The summed E-state index contributed by atoms with van der Waals surface area (Å²) in [5.74, 6) is 0.518. The van der Waals surface area contributed by atoms with Gasteiger partial charge in [-0.3, -0.25) is 9.89 Å². The Hall–Kier alpha value is -0.820. The van der Waals surface area contributed by atoms with E-state index in [9.17, 15) is 0 Å². The van der Waals surface area contributed by atoms with E-state index in [0.29, 0.717) is 12.0 Å². The summed E-state index contributed by atoms with van der Waals surface area (Å²) in [6.45, 7) is 2.96. The standard InChI is InChI=1S/C17H26N4.HI/c1-12(21(2)16-8-9-16)11-19-17(18)20-15-7-6-13-4-3-5-14(13)10-15;/h6-7,10,12,16H,3-5,8-9,11H2,1-2H3,(H3,18,19,20);1H. The maximum absolute atomic E-state index is 6.01. The van der Waals surface area contributed by atoms with Gasteiger partial charge in [0, 0.05) is 17.8 Å². The first kappa shape index (κ1) is 17.5. The molecule has 2 aliphatic carbocycles. The predicted octanol–water partition coefficient (Wildman–Crippen LogP) is 3.00. The summed E-state index contributed by atoms with van der Waals surface area (Å²) in [5, 5.41) is 3.22. The van der Waals surface area contributed by atoms with Gasteiger partial charge in [-0.15, -0.1) is 24.0 Å². The summed E-state index contributed by atoms with van der Waals surface area (Å²) in [5.41, 5.74) is 10.0. The SMILES string of the molecule is CC(CN=C(N)Nc1ccc2c(c1)CCC2)N(C)C1CC1.I. The third-order valence-electron chi connectivity index (χ3n) is 4.71. The zero-order valence-corrected chi connectivity index (χ0v) is 15.8. The molecule has 0 radical (unpaired) electrons. The third-order valence-corrected chi connectivity index (χ3v) is 4.71. The topological polar surface area (TPSA) is 53.6 Å². The molecular weight excluding hydrogens is 387 g/mol. The fourth-order valence-electron chi connectivity index (χ4n) is 3.04. The molecule has 1 unspecified atom stereocenters. The molecule has 1 fully saturated rings. The third kappa shape index (κ3) is 4.35. The van der Waals surface area contributed by atoms with E-state index in [1.165, 1.54) is 43.2 Å². The number of aryl methyl sites for hydroxylation is 2. The van der Waals surface area contributed by atoms with Gasteiger partial charge in [0.05, 0.1) is 6.54 Å². The molecule has 1 saturated carbocycles. The Bertz CT molecular complexity index is 539. The van der Waals surface area contributed by atoms with Crippen LogP contribution >= 0.6 is 24.0 Å². The van der Waals surface area contributed by atoms with Crippen molar-refractivity contribution < 1.29 is 0 Å². The maximum atomic E-state index is 6.01. The molecule has 0 aliphatic heterocycles. The number of hydrogen-bond donors (Lipinski definition) is 2. The molecule has 22 heavy (non-hydrogen) atoms. The maximum Gasteiger partial charge on any atom is 0.193 e. The van der Waals surface area contributed by atoms with Crippen LogP contribution in [0.25, 0.3) is 0 Å². The minimum absolute atomic E-state index is 0. The van der Waals surface area contributed by atoms with Crippen molar-refractivity contribution in [3.05, 3.63) is 29.3 Å². The first-order chi connectivity index (χ1) is 10.1. The van der Waals surface area contributed by atoms with Gasteiger partial charge in [0.2, 0.25) is 0 Å². The van der Waals surface area contributed by atoms with Gasteiger partial charge in [0.15, 0.2) is 5.96 Å². The molecule has 122 valence electrons. The Morgan fingerprint density at radius 2 is 2.09 bits per heavy atom. The number of fused-ring (bicyclic) bond motifs is 1. The highest BCUT2D eigenvalue weighted by Crippen LogP contribution is 2.27. The lowest BCUT2D eigenvalue weighted by atomic mass is 10.1. The zero-order valence-electron chi connectivity index (χ0n) is 13.5. The van der Waals surface area contributed by atoms with Crippen molar-refractivity contribution in [3.63, 3.8) is 0 Å². The van der Waals surface area contributed by atoms with E-state index < -0.39 is 0 Å². The number of guanidine groups is 1. The monoisotopic (exact) mass is 414 g/mol. The van der Waals surface area contributed by atoms with Crippen molar-refractivity contribution in [2.24, 2.45) is 10.7 Å². The van der Waals surface area contributed by atoms with Crippen molar-refractivity contribution in [3.8, 4) is 0 Å². The molecule has 0 aromatic heterocycles. The molecule has 3 rings (SSSR count). The molecule has 1 aromatic carbocycles. The van der Waals surface area contributed by atoms with Gasteiger partial charge in [-0.2, -0.15) is 0 Å². The minimum Gasteiger partial charge on any atom is -0.370 e. The molecular formula is C17H27IN4. The highest BCUT2D eigenvalue weighted by molar-refractivity contribution is 14.0. The second-order valence-corrected chi connectivity index (χ2v) is 6.43. The fourth-order valence-corrected chi connectivity index (χ4v) is 3.04. The lowest BCUT2D eigenvalue weighted by molar-refractivity contribution is 0.253. The van der Waals surface area contributed by atoms with Gasteiger partial charge in [0.25, 0.3) is 0 Å². The summed E-state index contributed by atoms with van der Waals surface area (Å²) in [4.78, 5) is 6.89. The molecule has 5 heteroatoms. The van der Waals surface area contributed by atoms with Crippen molar-refractivity contribution in [1.82, 2.24) is 4.90 Å². The van der Waals surface area contributed by atoms with Crippen LogP contribution in [0.3, 0.4) is 0 Å². The van der Waals surface area contributed by atoms with Gasteiger partial charge in [-0.05, 0) is 69.3 Å². The molecule has 3 N–H and O–H groups in total. The van der Waals surface area contributed by atoms with Gasteiger partial charge in [-0.25, -0.2) is 0 Å². The van der Waals surface area contributed by atoms with Crippen LogP contribution in [0.1, 0.15) is 37.3 Å². The Balaban J connectivity index is 0.00000176. The van der Waals surface area contributed by atoms with E-state index in [0.717, 1.165) is 18.3 Å². The van der Waals surface area contributed by atoms with Crippen LogP contribution < -0.4 is 11.1 Å². The van der Waals surface area contributed by atoms with E-state index in [-0.39, 0.29) is 24.0 Å². The number of nitrogens with one attached hydrogen (secondary N) is 1. The van der Waals surface area contributed by atoms with Crippen LogP contribution in [0.2, 0.25) is 0 Å². The van der Waals surface area contributed by atoms with Gasteiger partial charge in [-0.1, -0.05) is 6.07 Å². The number of hydrogen-bond acceptors (Lipinski definition) is 2. The molecule has 0 spiro atoms. The van der Waals surface area contributed by atoms with E-state index >= 15 is 0 Å². The summed E-state index contributed by atoms with van der Waals surface area (Å²) in [6, 6.07) is 7.73. The molecule has 1 atom stereocenters. The van der Waals surface area contributed by atoms with Crippen LogP contribution in [0, 0.1) is 0 Å². The van der Waals surface area contributed by atoms with Crippen LogP contribution in [0.4, 0.5) is 5.69 Å². The zero-order chi connectivity index (χ0) is 14.8. The number of nitrogens with two attached hydrogens (primary N) is 1. The summed E-state index contributed by atoms with van der Waals surface area (Å²) >= 11 is 0. The summed E-state index contributed by atoms with van der Waals surface area (Å²) in [6.07, 6.45) is 6.32. The normalized spacial score (nSPS) is 18.8. The average molecular weight is 414 g/mol. The summed E-state index contributed by atoms with van der Waals surface area (Å²) in [7, 11) is 2.18. The van der Waals surface area contributed by atoms with E-state index in [1.54, 1.807) is 0 Å². The van der Waals surface area contributed by atoms with Crippen molar-refractivity contribution in [2.45, 2.75) is 51.1 Å². The predicted molar refractivity (Wildman–Crippen MR) is 104 cm³/mol. The van der Waals surface area contributed by atoms with Crippen molar-refractivity contribution in [1.29, 1.82) is 0 Å². The Kier molecular flexibility index (Phi) is 6.09. The number of anilines is 1. The van der Waals surface area contributed by atoms with E-state index in [1.807, 2.05) is 0 Å². The molecule has 2 aliphatic rings. The number of benzene rings is 1. The van der Waals surface area contributed by atoms with Gasteiger partial charge in [0.1, 0.15) is 0 Å². The molecule has 0 amide bonds. The minimum atomic E-state index is 0. The van der Waals surface area contributed by atoms with E-state index in [4.69, 9.17) is 5.73 Å². The largest absolute Gasteiger partial charge is 0.370 e. The molecule has 0 heterocycles. The molecule has 0 bridgehead atoms. The van der Waals surface area contributed by atoms with Crippen LogP contribution in [0.15, 0.2) is 23.2 Å². The van der Waals surface area contributed by atoms with Gasteiger partial charge < -0.3 is 11.1 Å². The Morgan fingerprint density at radius 1 is 1.36 bits per heavy atom. The second kappa shape index (κ2) is 7.64. The molecule has 0 saturated heterocycles. The molecule has 4 nitrogen and oxygen atoms in total. The fraction of sp³-hybridized carbons (Fsp3) is 0.588. The van der Waals surface area contributed by atoms with Gasteiger partial charge >= 0.3 is 0 Å². The average Bonchev–Trinajstić information content (AvgIpc) is 3.22. The van der Waals surface area contributed by atoms with Crippen LogP contribution in [-0.4, -0.2) is 36.5 Å². The van der Waals surface area contributed by atoms with Crippen LogP contribution in [-0.2, 0) is 12.8 Å². The number of rotatable bonds is 5. The quantitative estimate of drug-likeness (QED) is 0.443. The smallest absolute Gasteiger partial charge is 0.193 e. The number of halogens is 1. The Morgan fingerprint density at radius 3 is 2.82 bits per heavy atom. The number of likely N-dealkylation sites (N-methyl/N-ethyl adjacent to an activating group) is 1. The first-order valence-corrected chi connectivity index (χ1v) is 8.04. The second-order valence-electron chi connectivity index (χ2n) is 6.43. The first-order valence-electron chi connectivity index (χ1n) is 8.04. The number of nitrogens with zero attached hydrogens (tertiary/aromatic N) is 2. The number of aliphatic imine (C=N–C) groups is 1. The van der Waals surface area contributed by atoms with Crippen LogP contribution in [0.5, 0.6) is 0 Å². The Labute approximate surface area is 150 Å². The van der Waals surface area contributed by atoms with E-state index in [2.05, 4.69) is 47.4 Å². The highest BCUT2D eigenvalue weighted by atomic mass is 127. The molecule has 1 aromatic rings.